The van der Waals surface area contributed by atoms with Crippen LogP contribution in [0.1, 0.15) is 15.9 Å². The van der Waals surface area contributed by atoms with E-state index < -0.39 is 17.8 Å². The maximum absolute atomic E-state index is 12.8. The molecule has 4 rings (SSSR count). The molecule has 0 radical (unpaired) electrons. The van der Waals surface area contributed by atoms with Gasteiger partial charge in [-0.15, -0.1) is 0 Å². The van der Waals surface area contributed by atoms with Crippen molar-refractivity contribution in [1.29, 1.82) is 0 Å². The molecular weight excluding hydrogens is 418 g/mol. The molecule has 1 heterocycles. The molecule has 3 aromatic rings. The number of hydrogen-bond acceptors (Lipinski definition) is 4. The maximum Gasteiger partial charge on any atom is 0.333 e. The lowest BCUT2D eigenvalue weighted by Gasteiger charge is -2.13. The Hall–Kier alpha value is -4.10. The van der Waals surface area contributed by atoms with Gasteiger partial charge in [-0.2, -0.15) is 0 Å². The zero-order valence-electron chi connectivity index (χ0n) is 16.0. The minimum absolute atomic E-state index is 0.0895. The molecule has 3 N–H and O–H groups in total. The molecule has 0 unspecified atom stereocenters. The van der Waals surface area contributed by atoms with E-state index in [0.717, 1.165) is 4.90 Å². The second-order valence-corrected chi connectivity index (χ2v) is 7.17. The number of benzene rings is 3. The van der Waals surface area contributed by atoms with Gasteiger partial charge in [0.25, 0.3) is 11.8 Å². The first-order valence-electron chi connectivity index (χ1n) is 9.24. The largest absolute Gasteiger partial charge is 0.508 e. The second-order valence-electron chi connectivity index (χ2n) is 6.73. The third-order valence-electron chi connectivity index (χ3n) is 4.55. The molecule has 0 atom stereocenters. The molecule has 0 aromatic heterocycles. The van der Waals surface area contributed by atoms with Crippen molar-refractivity contribution in [2.75, 3.05) is 10.2 Å². The van der Waals surface area contributed by atoms with Crippen LogP contribution >= 0.6 is 11.6 Å². The Morgan fingerprint density at radius 3 is 2.42 bits per heavy atom. The number of halogens is 1. The predicted molar refractivity (Wildman–Crippen MR) is 118 cm³/mol. The molecule has 1 saturated heterocycles. The van der Waals surface area contributed by atoms with Crippen LogP contribution in [0.5, 0.6) is 5.75 Å². The van der Waals surface area contributed by atoms with Gasteiger partial charge in [0, 0.05) is 16.3 Å². The molecule has 0 spiro atoms. The number of anilines is 2. The smallest absolute Gasteiger partial charge is 0.333 e. The van der Waals surface area contributed by atoms with Gasteiger partial charge in [-0.3, -0.25) is 9.59 Å². The van der Waals surface area contributed by atoms with Crippen LogP contribution in [0.15, 0.2) is 78.5 Å². The van der Waals surface area contributed by atoms with E-state index >= 15 is 0 Å². The van der Waals surface area contributed by atoms with Gasteiger partial charge in [0.15, 0.2) is 0 Å². The summed E-state index contributed by atoms with van der Waals surface area (Å²) >= 11 is 5.85. The highest BCUT2D eigenvalue weighted by molar-refractivity contribution is 6.30. The van der Waals surface area contributed by atoms with Gasteiger partial charge in [-0.25, -0.2) is 9.69 Å². The summed E-state index contributed by atoms with van der Waals surface area (Å²) in [4.78, 5) is 38.8. The van der Waals surface area contributed by atoms with Crippen molar-refractivity contribution in [2.45, 2.75) is 0 Å². The molecule has 4 amide bonds. The van der Waals surface area contributed by atoms with Crippen LogP contribution in [0.3, 0.4) is 0 Å². The SMILES string of the molecule is O=C(Nc1ccc(Cl)cc1)c1cccc(N2C(=O)N/C(=C\c3ccc(O)cc3)C2=O)c1. The van der Waals surface area contributed by atoms with Crippen molar-refractivity contribution in [3.05, 3.63) is 94.6 Å². The lowest BCUT2D eigenvalue weighted by atomic mass is 10.1. The van der Waals surface area contributed by atoms with Crippen molar-refractivity contribution < 1.29 is 19.5 Å². The minimum Gasteiger partial charge on any atom is -0.508 e. The van der Waals surface area contributed by atoms with E-state index in [9.17, 15) is 19.5 Å². The lowest BCUT2D eigenvalue weighted by Crippen LogP contribution is -2.30. The van der Waals surface area contributed by atoms with Gasteiger partial charge in [-0.05, 0) is 66.2 Å². The van der Waals surface area contributed by atoms with Crippen molar-refractivity contribution in [3.8, 4) is 5.75 Å². The summed E-state index contributed by atoms with van der Waals surface area (Å²) < 4.78 is 0. The number of carbonyl (C=O) groups is 3. The van der Waals surface area contributed by atoms with Gasteiger partial charge in [-0.1, -0.05) is 29.8 Å². The van der Waals surface area contributed by atoms with Crippen molar-refractivity contribution >= 4 is 46.9 Å². The first-order chi connectivity index (χ1) is 14.9. The number of imide groups is 1. The first kappa shape index (κ1) is 20.2. The summed E-state index contributed by atoms with van der Waals surface area (Å²) in [6.45, 7) is 0. The number of nitrogens with zero attached hydrogens (tertiary/aromatic N) is 1. The fraction of sp³-hybridized carbons (Fsp3) is 0. The highest BCUT2D eigenvalue weighted by atomic mass is 35.5. The summed E-state index contributed by atoms with van der Waals surface area (Å²) in [5.41, 5.74) is 1.84. The standard InChI is InChI=1S/C23H16ClN3O4/c24-16-6-8-17(9-7-16)25-21(29)15-2-1-3-18(13-15)27-22(30)20(26-23(27)31)12-14-4-10-19(28)11-5-14/h1-13,28H,(H,25,29)(H,26,31)/b20-12-. The van der Waals surface area contributed by atoms with Crippen LogP contribution in [0.25, 0.3) is 6.08 Å². The average Bonchev–Trinajstić information content (AvgIpc) is 3.04. The quantitative estimate of drug-likeness (QED) is 0.419. The van der Waals surface area contributed by atoms with E-state index in [1.807, 2.05) is 0 Å². The number of hydrogen-bond donors (Lipinski definition) is 3. The van der Waals surface area contributed by atoms with E-state index in [4.69, 9.17) is 11.6 Å². The summed E-state index contributed by atoms with van der Waals surface area (Å²) in [5, 5.41) is 15.2. The van der Waals surface area contributed by atoms with Crippen LogP contribution in [0, 0.1) is 0 Å². The Bertz CT molecular complexity index is 1200. The number of amides is 4. The molecule has 31 heavy (non-hydrogen) atoms. The topological polar surface area (TPSA) is 98.7 Å². The molecule has 7 nitrogen and oxygen atoms in total. The van der Waals surface area contributed by atoms with E-state index in [2.05, 4.69) is 10.6 Å². The van der Waals surface area contributed by atoms with Gasteiger partial charge in [0.2, 0.25) is 0 Å². The highest BCUT2D eigenvalue weighted by Gasteiger charge is 2.35. The fourth-order valence-electron chi connectivity index (χ4n) is 3.03. The van der Waals surface area contributed by atoms with Crippen LogP contribution < -0.4 is 15.5 Å². The van der Waals surface area contributed by atoms with Gasteiger partial charge in [0.05, 0.1) is 5.69 Å². The summed E-state index contributed by atoms with van der Waals surface area (Å²) in [6, 6.07) is 18.4. The first-order valence-corrected chi connectivity index (χ1v) is 9.62. The van der Waals surface area contributed by atoms with E-state index in [0.29, 0.717) is 16.3 Å². The Balaban J connectivity index is 1.56. The number of phenols is 1. The number of carbonyl (C=O) groups excluding carboxylic acids is 3. The minimum atomic E-state index is -0.620. The van der Waals surface area contributed by atoms with E-state index in [1.165, 1.54) is 24.3 Å². The van der Waals surface area contributed by atoms with Crippen molar-refractivity contribution in [2.24, 2.45) is 0 Å². The maximum atomic E-state index is 12.8. The highest BCUT2D eigenvalue weighted by Crippen LogP contribution is 2.24. The molecule has 1 fully saturated rings. The molecule has 154 valence electrons. The molecule has 0 bridgehead atoms. The summed E-state index contributed by atoms with van der Waals surface area (Å²) in [5.74, 6) is -0.844. The predicted octanol–water partition coefficient (Wildman–Crippen LogP) is 4.40. The normalized spacial score (nSPS) is 14.6. The molecular formula is C23H16ClN3O4. The third-order valence-corrected chi connectivity index (χ3v) is 4.80. The van der Waals surface area contributed by atoms with Crippen LogP contribution in [-0.4, -0.2) is 23.0 Å². The van der Waals surface area contributed by atoms with Gasteiger partial charge in [0.1, 0.15) is 11.4 Å². The fourth-order valence-corrected chi connectivity index (χ4v) is 3.16. The van der Waals surface area contributed by atoms with Crippen LogP contribution in [0.4, 0.5) is 16.2 Å². The summed E-state index contributed by atoms with van der Waals surface area (Å²) in [7, 11) is 0. The van der Waals surface area contributed by atoms with E-state index in [1.54, 1.807) is 54.6 Å². The lowest BCUT2D eigenvalue weighted by molar-refractivity contribution is -0.113. The number of nitrogens with one attached hydrogen (secondary N) is 2. The van der Waals surface area contributed by atoms with Crippen LogP contribution in [-0.2, 0) is 4.79 Å². The Labute approximate surface area is 182 Å². The molecule has 8 heteroatoms. The van der Waals surface area contributed by atoms with Gasteiger partial charge >= 0.3 is 6.03 Å². The third kappa shape index (κ3) is 4.41. The van der Waals surface area contributed by atoms with E-state index in [-0.39, 0.29) is 22.7 Å². The van der Waals surface area contributed by atoms with Gasteiger partial charge < -0.3 is 15.7 Å². The molecule has 1 aliphatic rings. The number of urea groups is 1. The molecule has 3 aromatic carbocycles. The Kier molecular flexibility index (Phi) is 5.43. The Morgan fingerprint density at radius 1 is 1.00 bits per heavy atom. The number of aromatic hydroxyl groups is 1. The van der Waals surface area contributed by atoms with Crippen molar-refractivity contribution in [1.82, 2.24) is 5.32 Å². The number of rotatable bonds is 4. The van der Waals surface area contributed by atoms with Crippen LogP contribution in [0.2, 0.25) is 5.02 Å². The molecule has 0 aliphatic carbocycles. The monoisotopic (exact) mass is 433 g/mol. The summed E-state index contributed by atoms with van der Waals surface area (Å²) in [6.07, 6.45) is 1.51. The Morgan fingerprint density at radius 2 is 1.71 bits per heavy atom. The second kappa shape index (κ2) is 8.33. The molecule has 0 saturated carbocycles. The number of phenolic OH excluding ortho intramolecular Hbond substituents is 1. The average molecular weight is 434 g/mol. The molecule has 1 aliphatic heterocycles. The zero-order valence-corrected chi connectivity index (χ0v) is 16.8. The van der Waals surface area contributed by atoms with Crippen molar-refractivity contribution in [3.63, 3.8) is 0 Å². The zero-order chi connectivity index (χ0) is 22.0.